The van der Waals surface area contributed by atoms with Gasteiger partial charge in [-0.15, -0.1) is 0 Å². The first-order valence-electron chi connectivity index (χ1n) is 6.94. The molecule has 3 N–H and O–H groups in total. The van der Waals surface area contributed by atoms with Gasteiger partial charge in [0.1, 0.15) is 0 Å². The Morgan fingerprint density at radius 2 is 1.94 bits per heavy atom. The van der Waals surface area contributed by atoms with Gasteiger partial charge in [-0.1, -0.05) is 31.4 Å². The molecule has 3 heteroatoms. The van der Waals surface area contributed by atoms with E-state index in [1.807, 2.05) is 12.1 Å². The van der Waals surface area contributed by atoms with Gasteiger partial charge in [-0.3, -0.25) is 4.79 Å². The van der Waals surface area contributed by atoms with Crippen molar-refractivity contribution in [1.82, 2.24) is 5.32 Å². The van der Waals surface area contributed by atoms with Gasteiger partial charge in [0.05, 0.1) is 5.56 Å². The Morgan fingerprint density at radius 1 is 1.17 bits per heavy atom. The number of benzene rings is 1. The molecule has 1 heterocycles. The van der Waals surface area contributed by atoms with Crippen molar-refractivity contribution >= 4 is 11.6 Å². The van der Waals surface area contributed by atoms with E-state index in [2.05, 4.69) is 11.4 Å². The fraction of sp³-hybridized carbons (Fsp3) is 0.533. The van der Waals surface area contributed by atoms with Gasteiger partial charge in [-0.2, -0.15) is 0 Å². The molecule has 1 unspecified atom stereocenters. The number of nitrogen functional groups attached to an aromatic ring is 1. The normalized spacial score (nSPS) is 24.4. The van der Waals surface area contributed by atoms with Crippen LogP contribution < -0.4 is 11.1 Å². The van der Waals surface area contributed by atoms with Crippen molar-refractivity contribution in [2.45, 2.75) is 38.0 Å². The molecule has 96 valence electrons. The first-order valence-corrected chi connectivity index (χ1v) is 6.94. The molecule has 3 rings (SSSR count). The Hall–Kier alpha value is -1.51. The zero-order valence-electron chi connectivity index (χ0n) is 10.6. The zero-order chi connectivity index (χ0) is 12.5. The molecule has 1 aliphatic heterocycles. The van der Waals surface area contributed by atoms with Crippen molar-refractivity contribution in [1.29, 1.82) is 0 Å². The summed E-state index contributed by atoms with van der Waals surface area (Å²) >= 11 is 0. The lowest BCUT2D eigenvalue weighted by molar-refractivity contribution is 0.0932. The molecule has 0 spiro atoms. The topological polar surface area (TPSA) is 55.1 Å². The summed E-state index contributed by atoms with van der Waals surface area (Å²) in [4.78, 5) is 11.9. The van der Waals surface area contributed by atoms with Crippen molar-refractivity contribution in [3.05, 3.63) is 29.3 Å². The average Bonchev–Trinajstić information content (AvgIpc) is 2.40. The van der Waals surface area contributed by atoms with Gasteiger partial charge in [0.2, 0.25) is 0 Å². The Balaban J connectivity index is 1.97. The van der Waals surface area contributed by atoms with Crippen LogP contribution in [0, 0.1) is 5.92 Å². The second-order valence-corrected chi connectivity index (χ2v) is 5.53. The van der Waals surface area contributed by atoms with Crippen molar-refractivity contribution in [2.24, 2.45) is 5.92 Å². The molecule has 1 atom stereocenters. The lowest BCUT2D eigenvalue weighted by Crippen LogP contribution is -2.38. The summed E-state index contributed by atoms with van der Waals surface area (Å²) in [6.07, 6.45) is 6.59. The van der Waals surface area contributed by atoms with Gasteiger partial charge in [-0.05, 0) is 30.4 Å². The summed E-state index contributed by atoms with van der Waals surface area (Å²) < 4.78 is 0. The zero-order valence-corrected chi connectivity index (χ0v) is 10.6. The molecule has 0 radical (unpaired) electrons. The Bertz CT molecular complexity index is 464. The van der Waals surface area contributed by atoms with E-state index in [1.165, 1.54) is 37.7 Å². The maximum absolute atomic E-state index is 11.9. The predicted molar refractivity (Wildman–Crippen MR) is 72.5 cm³/mol. The van der Waals surface area contributed by atoms with Crippen LogP contribution in [-0.2, 0) is 0 Å². The van der Waals surface area contributed by atoms with E-state index in [4.69, 9.17) is 5.73 Å². The van der Waals surface area contributed by atoms with E-state index in [0.29, 0.717) is 17.5 Å². The Kier molecular flexibility index (Phi) is 2.98. The van der Waals surface area contributed by atoms with Gasteiger partial charge in [0.15, 0.2) is 0 Å². The first-order chi connectivity index (χ1) is 8.77. The highest BCUT2D eigenvalue weighted by atomic mass is 16.1. The molecule has 0 saturated heterocycles. The summed E-state index contributed by atoms with van der Waals surface area (Å²) in [5, 5.41) is 3.01. The lowest BCUT2D eigenvalue weighted by Gasteiger charge is -2.35. The van der Waals surface area contributed by atoms with Crippen LogP contribution in [0.1, 0.15) is 53.9 Å². The van der Waals surface area contributed by atoms with E-state index in [0.717, 1.165) is 12.1 Å². The van der Waals surface area contributed by atoms with Crippen molar-refractivity contribution in [3.63, 3.8) is 0 Å². The maximum atomic E-state index is 11.9. The molecule has 2 aliphatic rings. The highest BCUT2D eigenvalue weighted by Crippen LogP contribution is 2.39. The predicted octanol–water partition coefficient (Wildman–Crippen LogP) is 2.68. The van der Waals surface area contributed by atoms with E-state index in [1.54, 1.807) is 0 Å². The largest absolute Gasteiger partial charge is 0.398 e. The van der Waals surface area contributed by atoms with Crippen molar-refractivity contribution in [3.8, 4) is 0 Å². The van der Waals surface area contributed by atoms with E-state index in [9.17, 15) is 4.79 Å². The molecule has 18 heavy (non-hydrogen) atoms. The van der Waals surface area contributed by atoms with Gasteiger partial charge < -0.3 is 11.1 Å². The van der Waals surface area contributed by atoms with Gasteiger partial charge >= 0.3 is 0 Å². The number of carbonyl (C=O) groups excluding carboxylic acids is 1. The molecule has 3 nitrogen and oxygen atoms in total. The van der Waals surface area contributed by atoms with Gasteiger partial charge in [0, 0.05) is 18.2 Å². The molecule has 1 saturated carbocycles. The lowest BCUT2D eigenvalue weighted by atomic mass is 9.74. The third-order valence-electron chi connectivity index (χ3n) is 4.46. The monoisotopic (exact) mass is 244 g/mol. The van der Waals surface area contributed by atoms with E-state index in [-0.39, 0.29) is 5.91 Å². The average molecular weight is 244 g/mol. The minimum atomic E-state index is -0.00448. The molecule has 0 aromatic heterocycles. The number of rotatable bonds is 1. The number of fused-ring (bicyclic) bond motifs is 1. The van der Waals surface area contributed by atoms with Crippen LogP contribution in [0.4, 0.5) is 5.69 Å². The molecule has 1 aromatic carbocycles. The minimum absolute atomic E-state index is 0.00448. The summed E-state index contributed by atoms with van der Waals surface area (Å²) in [6.45, 7) is 0.778. The maximum Gasteiger partial charge on any atom is 0.253 e. The standard InChI is InChI=1S/C15H20N2O/c16-13-8-4-7-11-12(9-17-15(18)14(11)13)10-5-2-1-3-6-10/h4,7-8,10,12H,1-3,5-6,9,16H2,(H,17,18). The minimum Gasteiger partial charge on any atom is -0.398 e. The number of carbonyl (C=O) groups is 1. The highest BCUT2D eigenvalue weighted by molar-refractivity contribution is 6.01. The SMILES string of the molecule is Nc1cccc2c1C(=O)NCC2C1CCCCC1. The van der Waals surface area contributed by atoms with Crippen LogP contribution >= 0.6 is 0 Å². The van der Waals surface area contributed by atoms with Crippen LogP contribution in [0.5, 0.6) is 0 Å². The second kappa shape index (κ2) is 4.63. The molecular weight excluding hydrogens is 224 g/mol. The number of anilines is 1. The number of nitrogens with two attached hydrogens (primary N) is 1. The summed E-state index contributed by atoms with van der Waals surface area (Å²) in [6, 6.07) is 5.88. The molecular formula is C15H20N2O. The molecule has 0 bridgehead atoms. The highest BCUT2D eigenvalue weighted by Gasteiger charge is 2.32. The smallest absolute Gasteiger partial charge is 0.253 e. The van der Waals surface area contributed by atoms with Crippen molar-refractivity contribution in [2.75, 3.05) is 12.3 Å². The van der Waals surface area contributed by atoms with Crippen molar-refractivity contribution < 1.29 is 4.79 Å². The number of amides is 1. The summed E-state index contributed by atoms with van der Waals surface area (Å²) in [5.41, 5.74) is 8.47. The fourth-order valence-electron chi connectivity index (χ4n) is 3.52. The summed E-state index contributed by atoms with van der Waals surface area (Å²) in [7, 11) is 0. The van der Waals surface area contributed by atoms with E-state index >= 15 is 0 Å². The second-order valence-electron chi connectivity index (χ2n) is 5.53. The first kappa shape index (κ1) is 11.6. The molecule has 1 fully saturated rings. The van der Waals surface area contributed by atoms with Crippen LogP contribution in [0.3, 0.4) is 0 Å². The molecule has 1 aromatic rings. The molecule has 1 amide bonds. The van der Waals surface area contributed by atoms with Crippen LogP contribution in [-0.4, -0.2) is 12.5 Å². The fourth-order valence-corrected chi connectivity index (χ4v) is 3.52. The number of nitrogens with one attached hydrogen (secondary N) is 1. The van der Waals surface area contributed by atoms with Gasteiger partial charge in [-0.25, -0.2) is 0 Å². The Labute approximate surface area is 108 Å². The molecule has 1 aliphatic carbocycles. The quantitative estimate of drug-likeness (QED) is 0.746. The third kappa shape index (κ3) is 1.88. The number of hydrogen-bond donors (Lipinski definition) is 2. The van der Waals surface area contributed by atoms with Crippen LogP contribution in [0.15, 0.2) is 18.2 Å². The third-order valence-corrected chi connectivity index (χ3v) is 4.46. The van der Waals surface area contributed by atoms with Gasteiger partial charge in [0.25, 0.3) is 5.91 Å². The van der Waals surface area contributed by atoms with Crippen LogP contribution in [0.2, 0.25) is 0 Å². The summed E-state index contributed by atoms with van der Waals surface area (Å²) in [5.74, 6) is 1.16. The van der Waals surface area contributed by atoms with Crippen LogP contribution in [0.25, 0.3) is 0 Å². The number of hydrogen-bond acceptors (Lipinski definition) is 2. The Morgan fingerprint density at radius 3 is 2.72 bits per heavy atom. The van der Waals surface area contributed by atoms with E-state index < -0.39 is 0 Å².